The van der Waals surface area contributed by atoms with Crippen LogP contribution in [0, 0.1) is 6.92 Å². The van der Waals surface area contributed by atoms with Crippen molar-refractivity contribution in [2.45, 2.75) is 24.8 Å². The van der Waals surface area contributed by atoms with Gasteiger partial charge in [0.1, 0.15) is 0 Å². The molecule has 0 unspecified atom stereocenters. The first kappa shape index (κ1) is 19.7. The van der Waals surface area contributed by atoms with Crippen LogP contribution in [0.25, 0.3) is 0 Å². The number of rotatable bonds is 7. The summed E-state index contributed by atoms with van der Waals surface area (Å²) in [6.45, 7) is 7.63. The maximum absolute atomic E-state index is 11.6. The minimum Gasteiger partial charge on any atom is -0.379 e. The Hall–Kier alpha value is -1.64. The zero-order valence-electron chi connectivity index (χ0n) is 15.0. The van der Waals surface area contributed by atoms with E-state index < -0.39 is 9.84 Å². The van der Waals surface area contributed by atoms with Crippen LogP contribution in [0.1, 0.15) is 17.5 Å². The smallest absolute Gasteiger partial charge is 0.188 e. The minimum atomic E-state index is -3.19. The van der Waals surface area contributed by atoms with Crippen molar-refractivity contribution in [2.75, 3.05) is 45.6 Å². The Balaban J connectivity index is 1.75. The van der Waals surface area contributed by atoms with E-state index in [1.807, 2.05) is 6.07 Å². The number of guanidine groups is 1. The Morgan fingerprint density at radius 1 is 1.36 bits per heavy atom. The van der Waals surface area contributed by atoms with E-state index in [-0.39, 0.29) is 0 Å². The van der Waals surface area contributed by atoms with Gasteiger partial charge in [-0.2, -0.15) is 0 Å². The van der Waals surface area contributed by atoms with Gasteiger partial charge in [0.15, 0.2) is 15.8 Å². The summed E-state index contributed by atoms with van der Waals surface area (Å²) >= 11 is 0. The molecule has 0 atom stereocenters. The summed E-state index contributed by atoms with van der Waals surface area (Å²) in [5, 5.41) is 3.12. The summed E-state index contributed by atoms with van der Waals surface area (Å²) in [7, 11) is -3.19. The van der Waals surface area contributed by atoms with Gasteiger partial charge in [-0.25, -0.2) is 13.4 Å². The number of nitrogens with zero attached hydrogens (tertiary/aromatic N) is 2. The third kappa shape index (κ3) is 6.64. The van der Waals surface area contributed by atoms with Crippen molar-refractivity contribution < 1.29 is 13.2 Å². The first-order chi connectivity index (χ1) is 11.9. The quantitative estimate of drug-likeness (QED) is 0.414. The predicted octanol–water partition coefficient (Wildman–Crippen LogP) is 0.525. The van der Waals surface area contributed by atoms with Crippen LogP contribution >= 0.6 is 0 Å². The number of sulfone groups is 1. The fourth-order valence-electron chi connectivity index (χ4n) is 2.80. The molecule has 0 radical (unpaired) electrons. The Bertz CT molecular complexity index is 698. The van der Waals surface area contributed by atoms with Gasteiger partial charge in [-0.1, -0.05) is 12.1 Å². The van der Waals surface area contributed by atoms with Gasteiger partial charge >= 0.3 is 0 Å². The molecule has 1 saturated heterocycles. The van der Waals surface area contributed by atoms with Crippen molar-refractivity contribution in [3.63, 3.8) is 0 Å². The highest BCUT2D eigenvalue weighted by atomic mass is 32.2. The molecule has 1 aromatic rings. The number of benzene rings is 1. The van der Waals surface area contributed by atoms with Crippen molar-refractivity contribution in [3.05, 3.63) is 29.3 Å². The van der Waals surface area contributed by atoms with Gasteiger partial charge in [0.05, 0.1) is 24.7 Å². The molecule has 7 nitrogen and oxygen atoms in total. The molecule has 0 bridgehead atoms. The van der Waals surface area contributed by atoms with Crippen LogP contribution in [0.15, 0.2) is 28.1 Å². The van der Waals surface area contributed by atoms with Gasteiger partial charge in [-0.15, -0.1) is 0 Å². The molecule has 0 saturated carbocycles. The summed E-state index contributed by atoms with van der Waals surface area (Å²) in [6.07, 6.45) is 2.21. The molecule has 1 aliphatic rings. The molecule has 0 amide bonds. The lowest BCUT2D eigenvalue weighted by molar-refractivity contribution is 0.0376. The van der Waals surface area contributed by atoms with E-state index in [1.54, 1.807) is 19.1 Å². The van der Waals surface area contributed by atoms with E-state index in [2.05, 4.69) is 15.2 Å². The van der Waals surface area contributed by atoms with Crippen molar-refractivity contribution in [1.82, 2.24) is 10.2 Å². The third-order valence-corrected chi connectivity index (χ3v) is 5.39. The van der Waals surface area contributed by atoms with Crippen LogP contribution in [0.5, 0.6) is 0 Å². The molecule has 140 valence electrons. The van der Waals surface area contributed by atoms with Crippen LogP contribution in [0.3, 0.4) is 0 Å². The van der Waals surface area contributed by atoms with Gasteiger partial charge in [-0.05, 0) is 37.1 Å². The lowest BCUT2D eigenvalue weighted by Gasteiger charge is -2.26. The fraction of sp³-hybridized carbons (Fsp3) is 0.588. The highest BCUT2D eigenvalue weighted by Crippen LogP contribution is 2.17. The lowest BCUT2D eigenvalue weighted by atomic mass is 10.1. The molecular formula is C17H28N4O3S. The zero-order valence-corrected chi connectivity index (χ0v) is 15.8. The van der Waals surface area contributed by atoms with Gasteiger partial charge in [0.2, 0.25) is 0 Å². The number of hydrogen-bond donors (Lipinski definition) is 2. The number of aryl methyl sites for hydroxylation is 1. The van der Waals surface area contributed by atoms with E-state index in [0.717, 1.165) is 56.9 Å². The van der Waals surface area contributed by atoms with E-state index in [1.165, 1.54) is 6.26 Å². The second kappa shape index (κ2) is 9.17. The molecule has 0 spiro atoms. The highest BCUT2D eigenvalue weighted by molar-refractivity contribution is 7.90. The number of nitrogens with one attached hydrogen (secondary N) is 1. The van der Waals surface area contributed by atoms with Crippen LogP contribution in [0.2, 0.25) is 0 Å². The first-order valence-electron chi connectivity index (χ1n) is 8.50. The van der Waals surface area contributed by atoms with E-state index >= 15 is 0 Å². The molecule has 0 aromatic heterocycles. The van der Waals surface area contributed by atoms with Crippen molar-refractivity contribution >= 4 is 15.8 Å². The number of ether oxygens (including phenoxy) is 1. The van der Waals surface area contributed by atoms with E-state index in [9.17, 15) is 8.42 Å². The molecule has 1 aromatic carbocycles. The van der Waals surface area contributed by atoms with Gasteiger partial charge in [-0.3, -0.25) is 4.90 Å². The molecular weight excluding hydrogens is 340 g/mol. The average Bonchev–Trinajstić information content (AvgIpc) is 2.57. The van der Waals surface area contributed by atoms with Crippen molar-refractivity contribution in [2.24, 2.45) is 10.7 Å². The molecule has 8 heteroatoms. The molecule has 1 fully saturated rings. The minimum absolute atomic E-state index is 0.356. The predicted molar refractivity (Wildman–Crippen MR) is 99.5 cm³/mol. The zero-order chi connectivity index (χ0) is 18.3. The SMILES string of the molecule is Cc1cc(CN=C(N)NCCCN2CCOCC2)ccc1S(C)(=O)=O. The van der Waals surface area contributed by atoms with Crippen molar-refractivity contribution in [3.8, 4) is 0 Å². The Kier molecular flexibility index (Phi) is 7.22. The lowest BCUT2D eigenvalue weighted by Crippen LogP contribution is -2.39. The first-order valence-corrected chi connectivity index (χ1v) is 10.4. The fourth-order valence-corrected chi connectivity index (χ4v) is 3.76. The normalized spacial score (nSPS) is 16.8. The van der Waals surface area contributed by atoms with E-state index in [0.29, 0.717) is 17.4 Å². The Morgan fingerprint density at radius 2 is 2.08 bits per heavy atom. The second-order valence-corrected chi connectivity index (χ2v) is 8.29. The highest BCUT2D eigenvalue weighted by Gasteiger charge is 2.11. The number of nitrogens with two attached hydrogens (primary N) is 1. The molecule has 1 heterocycles. The van der Waals surface area contributed by atoms with Crippen LogP contribution < -0.4 is 11.1 Å². The molecule has 3 N–H and O–H groups in total. The maximum atomic E-state index is 11.6. The second-order valence-electron chi connectivity index (χ2n) is 6.31. The molecule has 2 rings (SSSR count). The number of hydrogen-bond acceptors (Lipinski definition) is 5. The summed E-state index contributed by atoms with van der Waals surface area (Å²) < 4.78 is 28.6. The standard InChI is InChI=1S/C17H28N4O3S/c1-14-12-15(4-5-16(14)25(2,22)23)13-20-17(18)19-6-3-7-21-8-10-24-11-9-21/h4-5,12H,3,6-11,13H2,1-2H3,(H3,18,19,20). The Morgan fingerprint density at radius 3 is 2.72 bits per heavy atom. The van der Waals surface area contributed by atoms with Gasteiger partial charge in [0.25, 0.3) is 0 Å². The number of aliphatic imine (C=N–C) groups is 1. The summed E-state index contributed by atoms with van der Waals surface area (Å²) in [4.78, 5) is 7.05. The van der Waals surface area contributed by atoms with E-state index in [4.69, 9.17) is 10.5 Å². The molecule has 1 aliphatic heterocycles. The van der Waals surface area contributed by atoms with Gasteiger partial charge < -0.3 is 15.8 Å². The van der Waals surface area contributed by atoms with Crippen molar-refractivity contribution in [1.29, 1.82) is 0 Å². The van der Waals surface area contributed by atoms with Crippen LogP contribution in [-0.2, 0) is 21.1 Å². The maximum Gasteiger partial charge on any atom is 0.188 e. The summed E-state index contributed by atoms with van der Waals surface area (Å²) in [5.74, 6) is 0.409. The largest absolute Gasteiger partial charge is 0.379 e. The average molecular weight is 369 g/mol. The van der Waals surface area contributed by atoms with Crippen LogP contribution in [-0.4, -0.2) is 64.9 Å². The summed E-state index contributed by atoms with van der Waals surface area (Å²) in [5.41, 5.74) is 7.55. The topological polar surface area (TPSA) is 97.0 Å². The van der Waals surface area contributed by atoms with Gasteiger partial charge in [0, 0.05) is 25.9 Å². The monoisotopic (exact) mass is 368 g/mol. The number of morpholine rings is 1. The summed E-state index contributed by atoms with van der Waals surface area (Å²) in [6, 6.07) is 5.24. The molecule has 0 aliphatic carbocycles. The Labute approximate surface area is 150 Å². The third-order valence-electron chi connectivity index (χ3n) is 4.13. The molecule has 25 heavy (non-hydrogen) atoms. The van der Waals surface area contributed by atoms with Crippen LogP contribution in [0.4, 0.5) is 0 Å².